The number of ether oxygens (including phenoxy) is 2. The molecule has 0 saturated carbocycles. The number of hydrogen-bond acceptors (Lipinski definition) is 4. The molecule has 7 heteroatoms. The molecule has 2 amide bonds. The third-order valence-corrected chi connectivity index (χ3v) is 5.19. The summed E-state index contributed by atoms with van der Waals surface area (Å²) in [6.45, 7) is 5.58. The number of rotatable bonds is 5. The fraction of sp³-hybridized carbons (Fsp3) is 0.364. The van der Waals surface area contributed by atoms with Crippen LogP contribution >= 0.6 is 0 Å². The van der Waals surface area contributed by atoms with Crippen molar-refractivity contribution in [1.82, 2.24) is 4.90 Å². The molecule has 2 aromatic carbocycles. The summed E-state index contributed by atoms with van der Waals surface area (Å²) in [5, 5.41) is 2.60. The SMILES string of the molecule is CC(C)c1ccccc1OCC1CN(C(=O)c2cc3c(cc2F)OCC(=O)N3)C1. The maximum absolute atomic E-state index is 14.4. The van der Waals surface area contributed by atoms with Crippen LogP contribution in [0.15, 0.2) is 36.4 Å². The number of carbonyl (C=O) groups is 2. The Labute approximate surface area is 168 Å². The van der Waals surface area contributed by atoms with Crippen molar-refractivity contribution >= 4 is 17.5 Å². The maximum Gasteiger partial charge on any atom is 0.262 e. The number of amides is 2. The van der Waals surface area contributed by atoms with Crippen LogP contribution in [-0.4, -0.2) is 43.0 Å². The number of para-hydroxylation sites is 1. The highest BCUT2D eigenvalue weighted by atomic mass is 19.1. The second-order valence-corrected chi connectivity index (χ2v) is 7.74. The zero-order chi connectivity index (χ0) is 20.5. The Balaban J connectivity index is 1.36. The lowest BCUT2D eigenvalue weighted by Gasteiger charge is -2.39. The van der Waals surface area contributed by atoms with Crippen molar-refractivity contribution in [1.29, 1.82) is 0 Å². The monoisotopic (exact) mass is 398 g/mol. The summed E-state index contributed by atoms with van der Waals surface area (Å²) in [6.07, 6.45) is 0. The number of nitrogens with one attached hydrogen (secondary N) is 1. The largest absolute Gasteiger partial charge is 0.493 e. The van der Waals surface area contributed by atoms with Gasteiger partial charge in [0.15, 0.2) is 6.61 Å². The predicted octanol–water partition coefficient (Wildman–Crippen LogP) is 3.43. The summed E-state index contributed by atoms with van der Waals surface area (Å²) in [7, 11) is 0. The van der Waals surface area contributed by atoms with E-state index >= 15 is 0 Å². The van der Waals surface area contributed by atoms with Gasteiger partial charge in [0.2, 0.25) is 0 Å². The molecule has 0 radical (unpaired) electrons. The van der Waals surface area contributed by atoms with Crippen LogP contribution in [0, 0.1) is 11.7 Å². The summed E-state index contributed by atoms with van der Waals surface area (Å²) in [6, 6.07) is 10.4. The molecule has 6 nitrogen and oxygen atoms in total. The van der Waals surface area contributed by atoms with Gasteiger partial charge in [-0.05, 0) is 23.6 Å². The van der Waals surface area contributed by atoms with Gasteiger partial charge in [-0.2, -0.15) is 0 Å². The molecule has 1 saturated heterocycles. The zero-order valence-electron chi connectivity index (χ0n) is 16.4. The minimum absolute atomic E-state index is 0.0703. The van der Waals surface area contributed by atoms with Gasteiger partial charge < -0.3 is 19.7 Å². The third-order valence-electron chi connectivity index (χ3n) is 5.19. The topological polar surface area (TPSA) is 67.9 Å². The number of benzene rings is 2. The first-order chi connectivity index (χ1) is 13.9. The standard InChI is InChI=1S/C22H23FN2O4/c1-13(2)15-5-3-4-6-19(15)28-11-14-9-25(10-14)22(27)16-7-18-20(8-17(16)23)29-12-21(26)24-18/h3-8,13-14H,9-12H2,1-2H3,(H,24,26). The van der Waals surface area contributed by atoms with Crippen LogP contribution in [-0.2, 0) is 4.79 Å². The van der Waals surface area contributed by atoms with Crippen LogP contribution in [0.4, 0.5) is 10.1 Å². The van der Waals surface area contributed by atoms with E-state index in [1.807, 2.05) is 18.2 Å². The minimum Gasteiger partial charge on any atom is -0.493 e. The summed E-state index contributed by atoms with van der Waals surface area (Å²) in [5.74, 6) is 0.274. The molecule has 0 atom stereocenters. The Hall–Kier alpha value is -3.09. The molecule has 1 N–H and O–H groups in total. The minimum atomic E-state index is -0.657. The van der Waals surface area contributed by atoms with Gasteiger partial charge in [0.05, 0.1) is 17.9 Å². The van der Waals surface area contributed by atoms with Crippen LogP contribution in [0.25, 0.3) is 0 Å². The van der Waals surface area contributed by atoms with Crippen LogP contribution in [0.3, 0.4) is 0 Å². The maximum atomic E-state index is 14.4. The molecule has 2 aliphatic heterocycles. The zero-order valence-corrected chi connectivity index (χ0v) is 16.4. The van der Waals surface area contributed by atoms with Crippen molar-refractivity contribution < 1.29 is 23.5 Å². The first-order valence-corrected chi connectivity index (χ1v) is 9.69. The lowest BCUT2D eigenvalue weighted by atomic mass is 9.99. The Kier molecular flexibility index (Phi) is 5.13. The van der Waals surface area contributed by atoms with Crippen molar-refractivity contribution in [2.24, 2.45) is 5.92 Å². The third kappa shape index (κ3) is 3.90. The van der Waals surface area contributed by atoms with Gasteiger partial charge in [0, 0.05) is 25.1 Å². The highest BCUT2D eigenvalue weighted by Gasteiger charge is 2.34. The first kappa shape index (κ1) is 19.2. The Morgan fingerprint density at radius 1 is 1.31 bits per heavy atom. The van der Waals surface area contributed by atoms with Gasteiger partial charge in [-0.25, -0.2) is 4.39 Å². The normalized spacial score (nSPS) is 16.0. The molecule has 0 unspecified atom stereocenters. The molecule has 0 aromatic heterocycles. The number of hydrogen-bond donors (Lipinski definition) is 1. The number of carbonyl (C=O) groups excluding carboxylic acids is 2. The molecule has 2 aliphatic rings. The highest BCUT2D eigenvalue weighted by molar-refractivity contribution is 6.00. The van der Waals surface area contributed by atoms with E-state index in [1.54, 1.807) is 4.90 Å². The van der Waals surface area contributed by atoms with E-state index in [9.17, 15) is 14.0 Å². The average Bonchev–Trinajstić information content (AvgIpc) is 2.66. The van der Waals surface area contributed by atoms with E-state index in [2.05, 4.69) is 25.2 Å². The van der Waals surface area contributed by atoms with E-state index in [1.165, 1.54) is 6.07 Å². The van der Waals surface area contributed by atoms with E-state index in [0.29, 0.717) is 31.3 Å². The summed E-state index contributed by atoms with van der Waals surface area (Å²) in [5.41, 5.74) is 1.40. The van der Waals surface area contributed by atoms with E-state index in [4.69, 9.17) is 9.47 Å². The van der Waals surface area contributed by atoms with Gasteiger partial charge in [-0.15, -0.1) is 0 Å². The number of halogens is 1. The van der Waals surface area contributed by atoms with Crippen molar-refractivity contribution in [3.8, 4) is 11.5 Å². The summed E-state index contributed by atoms with van der Waals surface area (Å²) < 4.78 is 25.5. The molecule has 152 valence electrons. The molecule has 0 spiro atoms. The molecule has 2 heterocycles. The lowest BCUT2D eigenvalue weighted by molar-refractivity contribution is -0.118. The lowest BCUT2D eigenvalue weighted by Crippen LogP contribution is -2.52. The fourth-order valence-corrected chi connectivity index (χ4v) is 3.57. The number of fused-ring (bicyclic) bond motifs is 1. The Bertz CT molecular complexity index is 954. The molecule has 0 bridgehead atoms. The molecule has 29 heavy (non-hydrogen) atoms. The molecule has 1 fully saturated rings. The van der Waals surface area contributed by atoms with Crippen molar-refractivity contribution in [3.05, 3.63) is 53.3 Å². The second-order valence-electron chi connectivity index (χ2n) is 7.74. The van der Waals surface area contributed by atoms with Crippen LogP contribution in [0.5, 0.6) is 11.5 Å². The second kappa shape index (κ2) is 7.73. The average molecular weight is 398 g/mol. The molecular formula is C22H23FN2O4. The van der Waals surface area contributed by atoms with Crippen LogP contribution < -0.4 is 14.8 Å². The molecule has 2 aromatic rings. The number of likely N-dealkylation sites (tertiary alicyclic amines) is 1. The van der Waals surface area contributed by atoms with E-state index < -0.39 is 11.7 Å². The predicted molar refractivity (Wildman–Crippen MR) is 106 cm³/mol. The van der Waals surface area contributed by atoms with Gasteiger partial charge >= 0.3 is 0 Å². The van der Waals surface area contributed by atoms with Crippen molar-refractivity contribution in [2.75, 3.05) is 31.6 Å². The van der Waals surface area contributed by atoms with Crippen molar-refractivity contribution in [3.63, 3.8) is 0 Å². The molecule has 4 rings (SSSR count). The Morgan fingerprint density at radius 2 is 2.07 bits per heavy atom. The number of anilines is 1. The van der Waals surface area contributed by atoms with Gasteiger partial charge in [0.25, 0.3) is 11.8 Å². The van der Waals surface area contributed by atoms with Crippen LogP contribution in [0.1, 0.15) is 35.7 Å². The summed E-state index contributed by atoms with van der Waals surface area (Å²) in [4.78, 5) is 25.7. The van der Waals surface area contributed by atoms with Gasteiger partial charge in [-0.1, -0.05) is 32.0 Å². The van der Waals surface area contributed by atoms with Crippen molar-refractivity contribution in [2.45, 2.75) is 19.8 Å². The van der Waals surface area contributed by atoms with Crippen LogP contribution in [0.2, 0.25) is 0 Å². The van der Waals surface area contributed by atoms with Gasteiger partial charge in [-0.3, -0.25) is 9.59 Å². The molecular weight excluding hydrogens is 375 g/mol. The first-order valence-electron chi connectivity index (χ1n) is 9.69. The number of nitrogens with zero attached hydrogens (tertiary/aromatic N) is 1. The highest BCUT2D eigenvalue weighted by Crippen LogP contribution is 2.32. The van der Waals surface area contributed by atoms with E-state index in [0.717, 1.165) is 17.4 Å². The Morgan fingerprint density at radius 3 is 2.83 bits per heavy atom. The van der Waals surface area contributed by atoms with Gasteiger partial charge in [0.1, 0.15) is 17.3 Å². The fourth-order valence-electron chi connectivity index (χ4n) is 3.57. The quantitative estimate of drug-likeness (QED) is 0.838. The molecule has 0 aliphatic carbocycles. The van der Waals surface area contributed by atoms with E-state index in [-0.39, 0.29) is 29.7 Å². The smallest absolute Gasteiger partial charge is 0.262 e. The summed E-state index contributed by atoms with van der Waals surface area (Å²) >= 11 is 0.